The summed E-state index contributed by atoms with van der Waals surface area (Å²) >= 11 is 0. The summed E-state index contributed by atoms with van der Waals surface area (Å²) in [6.45, 7) is 0.279. The number of nitrogens with zero attached hydrogens (tertiary/aromatic N) is 1. The number of carbonyl (C=O) groups excluding carboxylic acids is 2. The number of rotatable bonds is 8. The van der Waals surface area contributed by atoms with Gasteiger partial charge in [0.15, 0.2) is 17.5 Å². The summed E-state index contributed by atoms with van der Waals surface area (Å²) in [6, 6.07) is 7.03. The van der Waals surface area contributed by atoms with Crippen LogP contribution in [0.1, 0.15) is 24.4 Å². The van der Waals surface area contributed by atoms with Crippen LogP contribution in [0.2, 0.25) is 0 Å². The molecule has 1 aliphatic rings. The Bertz CT molecular complexity index is 1000. The average molecular weight is 451 g/mol. The molecule has 0 bridgehead atoms. The van der Waals surface area contributed by atoms with Crippen LogP contribution in [0, 0.1) is 17.5 Å². The van der Waals surface area contributed by atoms with Gasteiger partial charge in [-0.15, -0.1) is 0 Å². The molecule has 172 valence electrons. The van der Waals surface area contributed by atoms with Gasteiger partial charge in [0.2, 0.25) is 11.8 Å². The van der Waals surface area contributed by atoms with Crippen molar-refractivity contribution < 1.29 is 32.2 Å². The molecule has 0 spiro atoms. The van der Waals surface area contributed by atoms with Gasteiger partial charge in [-0.05, 0) is 49.7 Å². The quantitative estimate of drug-likeness (QED) is 0.604. The minimum Gasteiger partial charge on any atom is -0.497 e. The van der Waals surface area contributed by atoms with Crippen molar-refractivity contribution in [3.63, 3.8) is 0 Å². The predicted octanol–water partition coefficient (Wildman–Crippen LogP) is 3.01. The molecule has 3 rings (SSSR count). The van der Waals surface area contributed by atoms with Crippen LogP contribution in [0.3, 0.4) is 0 Å². The summed E-state index contributed by atoms with van der Waals surface area (Å²) in [5.74, 6) is -4.34. The first-order chi connectivity index (χ1) is 15.3. The fourth-order valence-corrected chi connectivity index (χ4v) is 3.70. The van der Waals surface area contributed by atoms with E-state index in [0.29, 0.717) is 24.1 Å². The van der Waals surface area contributed by atoms with E-state index in [1.807, 2.05) is 17.0 Å². The molecular weight excluding hydrogens is 427 g/mol. The van der Waals surface area contributed by atoms with Gasteiger partial charge < -0.3 is 20.1 Å². The second-order valence-electron chi connectivity index (χ2n) is 7.28. The van der Waals surface area contributed by atoms with Crippen LogP contribution >= 0.6 is 0 Å². The second kappa shape index (κ2) is 10.4. The molecular formula is C22H24F3N3O4. The number of halogens is 3. The maximum atomic E-state index is 13.7. The molecule has 0 aromatic heterocycles. The molecule has 1 unspecified atom stereocenters. The number of likely N-dealkylation sites (tertiary alicyclic amines) is 1. The highest BCUT2D eigenvalue weighted by Gasteiger charge is 2.30. The molecule has 1 fully saturated rings. The van der Waals surface area contributed by atoms with Gasteiger partial charge in [-0.2, -0.15) is 0 Å². The topological polar surface area (TPSA) is 79.9 Å². The van der Waals surface area contributed by atoms with Gasteiger partial charge in [0.05, 0.1) is 33.0 Å². The summed E-state index contributed by atoms with van der Waals surface area (Å²) < 4.78 is 50.7. The lowest BCUT2D eigenvalue weighted by atomic mass is 10.0. The van der Waals surface area contributed by atoms with Gasteiger partial charge in [-0.3, -0.25) is 14.5 Å². The predicted molar refractivity (Wildman–Crippen MR) is 111 cm³/mol. The molecule has 2 N–H and O–H groups in total. The zero-order chi connectivity index (χ0) is 23.3. The van der Waals surface area contributed by atoms with E-state index >= 15 is 0 Å². The van der Waals surface area contributed by atoms with E-state index < -0.39 is 41.5 Å². The molecule has 7 nitrogen and oxygen atoms in total. The Balaban J connectivity index is 1.58. The highest BCUT2D eigenvalue weighted by atomic mass is 19.2. The SMILES string of the molecule is COc1ccc(OC)c(C2CCCN2CC(=O)NCC(=O)Nc2ccc(F)c(F)c2F)c1. The van der Waals surface area contributed by atoms with Crippen LogP contribution < -0.4 is 20.1 Å². The number of hydrogen-bond donors (Lipinski definition) is 2. The number of methoxy groups -OCH3 is 2. The Morgan fingerprint density at radius 3 is 2.56 bits per heavy atom. The maximum Gasteiger partial charge on any atom is 0.243 e. The normalized spacial score (nSPS) is 16.0. The summed E-state index contributed by atoms with van der Waals surface area (Å²) in [5, 5.41) is 4.57. The monoisotopic (exact) mass is 451 g/mol. The molecule has 2 aromatic carbocycles. The third-order valence-electron chi connectivity index (χ3n) is 5.26. The number of nitrogens with one attached hydrogen (secondary N) is 2. The van der Waals surface area contributed by atoms with Crippen molar-refractivity contribution in [3.8, 4) is 11.5 Å². The molecule has 10 heteroatoms. The van der Waals surface area contributed by atoms with Crippen molar-refractivity contribution in [1.29, 1.82) is 0 Å². The van der Waals surface area contributed by atoms with Gasteiger partial charge >= 0.3 is 0 Å². The fraction of sp³-hybridized carbons (Fsp3) is 0.364. The molecule has 0 saturated carbocycles. The van der Waals surface area contributed by atoms with Crippen LogP contribution in [-0.2, 0) is 9.59 Å². The molecule has 0 aliphatic carbocycles. The Morgan fingerprint density at radius 1 is 1.06 bits per heavy atom. The molecule has 2 aromatic rings. The van der Waals surface area contributed by atoms with Gasteiger partial charge in [0, 0.05) is 11.6 Å². The standard InChI is InChI=1S/C22H24F3N3O4/c1-31-13-5-8-18(32-2)14(10-13)17-4-3-9-28(17)12-20(30)26-11-19(29)27-16-7-6-15(23)21(24)22(16)25/h5-8,10,17H,3-4,9,11-12H2,1-2H3,(H,26,30)(H,27,29). The Morgan fingerprint density at radius 2 is 1.84 bits per heavy atom. The van der Waals surface area contributed by atoms with E-state index in [1.54, 1.807) is 20.3 Å². The molecule has 1 heterocycles. The van der Waals surface area contributed by atoms with E-state index in [2.05, 4.69) is 10.6 Å². The van der Waals surface area contributed by atoms with E-state index in [4.69, 9.17) is 9.47 Å². The highest BCUT2D eigenvalue weighted by Crippen LogP contribution is 2.38. The van der Waals surface area contributed by atoms with Gasteiger partial charge in [-0.1, -0.05) is 0 Å². The molecule has 1 atom stereocenters. The summed E-state index contributed by atoms with van der Waals surface area (Å²) in [6.07, 6.45) is 1.71. The van der Waals surface area contributed by atoms with Crippen molar-refractivity contribution in [2.45, 2.75) is 18.9 Å². The largest absolute Gasteiger partial charge is 0.497 e. The van der Waals surface area contributed by atoms with Gasteiger partial charge in [0.25, 0.3) is 0 Å². The minimum atomic E-state index is -1.68. The Hall–Kier alpha value is -3.27. The smallest absolute Gasteiger partial charge is 0.243 e. The van der Waals surface area contributed by atoms with Crippen molar-refractivity contribution in [2.75, 3.05) is 39.2 Å². The molecule has 1 aliphatic heterocycles. The minimum absolute atomic E-state index is 0.0395. The van der Waals surface area contributed by atoms with E-state index in [-0.39, 0.29) is 12.6 Å². The average Bonchev–Trinajstić information content (AvgIpc) is 3.25. The number of amides is 2. The number of ether oxygens (including phenoxy) is 2. The third-order valence-corrected chi connectivity index (χ3v) is 5.26. The Kier molecular flexibility index (Phi) is 7.57. The number of hydrogen-bond acceptors (Lipinski definition) is 5. The van der Waals surface area contributed by atoms with Crippen molar-refractivity contribution in [2.24, 2.45) is 0 Å². The third kappa shape index (κ3) is 5.31. The van der Waals surface area contributed by atoms with Crippen molar-refractivity contribution >= 4 is 17.5 Å². The number of carbonyl (C=O) groups is 2. The highest BCUT2D eigenvalue weighted by molar-refractivity contribution is 5.94. The summed E-state index contributed by atoms with van der Waals surface area (Å²) in [5.41, 5.74) is 0.400. The maximum absolute atomic E-state index is 13.7. The first kappa shape index (κ1) is 23.4. The first-order valence-corrected chi connectivity index (χ1v) is 10.00. The molecule has 32 heavy (non-hydrogen) atoms. The number of anilines is 1. The zero-order valence-corrected chi connectivity index (χ0v) is 17.7. The van der Waals surface area contributed by atoms with Crippen LogP contribution in [0.5, 0.6) is 11.5 Å². The number of benzene rings is 2. The molecule has 1 saturated heterocycles. The van der Waals surface area contributed by atoms with Crippen LogP contribution in [0.25, 0.3) is 0 Å². The van der Waals surface area contributed by atoms with Crippen LogP contribution in [-0.4, -0.2) is 50.6 Å². The van der Waals surface area contributed by atoms with Gasteiger partial charge in [-0.25, -0.2) is 13.2 Å². The summed E-state index contributed by atoms with van der Waals surface area (Å²) in [4.78, 5) is 26.4. The van der Waals surface area contributed by atoms with E-state index in [0.717, 1.165) is 24.5 Å². The van der Waals surface area contributed by atoms with Crippen molar-refractivity contribution in [1.82, 2.24) is 10.2 Å². The lowest BCUT2D eigenvalue weighted by Crippen LogP contribution is -2.40. The lowest BCUT2D eigenvalue weighted by Gasteiger charge is -2.26. The van der Waals surface area contributed by atoms with Crippen LogP contribution in [0.15, 0.2) is 30.3 Å². The van der Waals surface area contributed by atoms with E-state index in [1.165, 1.54) is 0 Å². The zero-order valence-electron chi connectivity index (χ0n) is 17.7. The Labute approximate surface area is 183 Å². The lowest BCUT2D eigenvalue weighted by molar-refractivity contribution is -0.125. The molecule has 0 radical (unpaired) electrons. The van der Waals surface area contributed by atoms with E-state index in [9.17, 15) is 22.8 Å². The molecule has 2 amide bonds. The second-order valence-corrected chi connectivity index (χ2v) is 7.28. The fourth-order valence-electron chi connectivity index (χ4n) is 3.70. The van der Waals surface area contributed by atoms with Crippen molar-refractivity contribution in [3.05, 3.63) is 53.3 Å². The first-order valence-electron chi connectivity index (χ1n) is 10.00. The van der Waals surface area contributed by atoms with Gasteiger partial charge in [0.1, 0.15) is 11.5 Å². The summed E-state index contributed by atoms with van der Waals surface area (Å²) in [7, 11) is 3.15. The van der Waals surface area contributed by atoms with Crippen LogP contribution in [0.4, 0.5) is 18.9 Å².